The van der Waals surface area contributed by atoms with Crippen LogP contribution in [0.15, 0.2) is 12.1 Å². The summed E-state index contributed by atoms with van der Waals surface area (Å²) in [6.07, 6.45) is -1.88. The fraction of sp³-hybridized carbons (Fsp3) is 0.385. The lowest BCUT2D eigenvalue weighted by molar-refractivity contribution is -0.386. The normalized spacial score (nSPS) is 11.4. The molecule has 1 rings (SSSR count). The van der Waals surface area contributed by atoms with Gasteiger partial charge in [0, 0.05) is 6.42 Å². The minimum Gasteiger partial charge on any atom is -0.493 e. The molecule has 1 aromatic rings. The second-order valence-electron chi connectivity index (χ2n) is 4.08. The molecule has 0 radical (unpaired) electrons. The number of rotatable bonds is 7. The first-order valence-electron chi connectivity index (χ1n) is 6.18. The predicted octanol–water partition coefficient (Wildman–Crippen LogP) is 1.69. The van der Waals surface area contributed by atoms with Gasteiger partial charge in [-0.15, -0.1) is 0 Å². The number of esters is 1. The second-order valence-corrected chi connectivity index (χ2v) is 4.08. The molecule has 0 fully saturated rings. The van der Waals surface area contributed by atoms with E-state index in [0.29, 0.717) is 0 Å². The highest BCUT2D eigenvalue weighted by molar-refractivity contribution is 5.81. The molecule has 0 saturated heterocycles. The van der Waals surface area contributed by atoms with E-state index in [-0.39, 0.29) is 23.5 Å². The fourth-order valence-electron chi connectivity index (χ4n) is 1.71. The number of hydrogen-bond acceptors (Lipinski definition) is 7. The Morgan fingerprint density at radius 3 is 2.23 bits per heavy atom. The average Bonchev–Trinajstić information content (AvgIpc) is 2.50. The molecule has 1 unspecified atom stereocenters. The van der Waals surface area contributed by atoms with Gasteiger partial charge in [-0.05, 0) is 6.07 Å². The summed E-state index contributed by atoms with van der Waals surface area (Å²) in [5.41, 5.74) is -0.856. The van der Waals surface area contributed by atoms with Gasteiger partial charge in [0.25, 0.3) is 5.69 Å². The lowest BCUT2D eigenvalue weighted by atomic mass is 10.1. The third-order valence-electron chi connectivity index (χ3n) is 2.77. The van der Waals surface area contributed by atoms with Gasteiger partial charge in [0.2, 0.25) is 6.10 Å². The number of aliphatic carboxylic acids is 1. The van der Waals surface area contributed by atoms with Gasteiger partial charge in [0.05, 0.1) is 30.8 Å². The molecule has 0 amide bonds. The molecule has 1 atom stereocenters. The Bertz CT molecular complexity index is 598. The summed E-state index contributed by atoms with van der Waals surface area (Å²) in [7, 11) is 2.58. The highest BCUT2D eigenvalue weighted by Crippen LogP contribution is 2.38. The van der Waals surface area contributed by atoms with Crippen molar-refractivity contribution in [1.29, 1.82) is 0 Å². The van der Waals surface area contributed by atoms with E-state index < -0.39 is 28.7 Å². The molecule has 0 bridgehead atoms. The first-order valence-corrected chi connectivity index (χ1v) is 6.18. The van der Waals surface area contributed by atoms with E-state index in [9.17, 15) is 24.8 Å². The van der Waals surface area contributed by atoms with E-state index in [1.807, 2.05) is 0 Å². The van der Waals surface area contributed by atoms with Crippen LogP contribution in [0.4, 0.5) is 5.69 Å². The van der Waals surface area contributed by atoms with Crippen molar-refractivity contribution in [3.05, 3.63) is 27.8 Å². The Balaban J connectivity index is 3.48. The van der Waals surface area contributed by atoms with Gasteiger partial charge in [0.15, 0.2) is 11.5 Å². The summed E-state index contributed by atoms with van der Waals surface area (Å²) in [6.45, 7) is 1.48. The Labute approximate surface area is 125 Å². The maximum Gasteiger partial charge on any atom is 0.350 e. The van der Waals surface area contributed by atoms with Gasteiger partial charge in [-0.2, -0.15) is 0 Å². The number of carbonyl (C=O) groups is 2. The maximum atomic E-state index is 11.3. The van der Waals surface area contributed by atoms with Crippen LogP contribution in [0.5, 0.6) is 11.5 Å². The van der Waals surface area contributed by atoms with E-state index in [2.05, 4.69) is 0 Å². The summed E-state index contributed by atoms with van der Waals surface area (Å²) in [4.78, 5) is 33.0. The Morgan fingerprint density at radius 2 is 1.82 bits per heavy atom. The highest BCUT2D eigenvalue weighted by Gasteiger charge is 2.33. The molecule has 1 N–H and O–H groups in total. The average molecular weight is 313 g/mol. The SMILES string of the molecule is CCC(=O)OC(C(=O)O)c1cc(OC)c(OC)cc1[N+](=O)[O-]. The van der Waals surface area contributed by atoms with Crippen molar-refractivity contribution in [3.63, 3.8) is 0 Å². The first-order chi connectivity index (χ1) is 10.3. The van der Waals surface area contributed by atoms with E-state index in [1.54, 1.807) is 0 Å². The van der Waals surface area contributed by atoms with Crippen LogP contribution in [-0.4, -0.2) is 36.2 Å². The molecule has 0 spiro atoms. The minimum absolute atomic E-state index is 0.0592. The van der Waals surface area contributed by atoms with E-state index in [0.717, 1.165) is 12.1 Å². The molecule has 9 heteroatoms. The number of ether oxygens (including phenoxy) is 3. The van der Waals surface area contributed by atoms with Gasteiger partial charge in [-0.1, -0.05) is 6.92 Å². The van der Waals surface area contributed by atoms with Crippen LogP contribution in [-0.2, 0) is 14.3 Å². The minimum atomic E-state index is -1.81. The van der Waals surface area contributed by atoms with E-state index in [1.165, 1.54) is 21.1 Å². The molecule has 0 saturated carbocycles. The van der Waals surface area contributed by atoms with Gasteiger partial charge in [-0.25, -0.2) is 4.79 Å². The number of nitro benzene ring substituents is 1. The zero-order valence-electron chi connectivity index (χ0n) is 12.2. The van der Waals surface area contributed by atoms with Gasteiger partial charge >= 0.3 is 11.9 Å². The molecule has 0 aromatic heterocycles. The van der Waals surface area contributed by atoms with Crippen molar-refractivity contribution in [2.45, 2.75) is 19.4 Å². The molecule has 9 nitrogen and oxygen atoms in total. The van der Waals surface area contributed by atoms with Gasteiger partial charge in [0.1, 0.15) is 0 Å². The zero-order valence-corrected chi connectivity index (χ0v) is 12.2. The van der Waals surface area contributed by atoms with E-state index >= 15 is 0 Å². The van der Waals surface area contributed by atoms with Gasteiger partial charge < -0.3 is 19.3 Å². The molecular formula is C13H15NO8. The predicted molar refractivity (Wildman–Crippen MR) is 73.0 cm³/mol. The third kappa shape index (κ3) is 3.62. The Kier molecular flexibility index (Phi) is 5.67. The van der Waals surface area contributed by atoms with Crippen molar-refractivity contribution in [2.24, 2.45) is 0 Å². The first kappa shape index (κ1) is 17.2. The zero-order chi connectivity index (χ0) is 16.9. The number of carboxylic acid groups (broad SMARTS) is 1. The number of carboxylic acids is 1. The third-order valence-corrected chi connectivity index (χ3v) is 2.77. The lowest BCUT2D eigenvalue weighted by Crippen LogP contribution is -2.20. The summed E-state index contributed by atoms with van der Waals surface area (Å²) < 4.78 is 14.7. The molecule has 0 heterocycles. The molecule has 0 aliphatic rings. The summed E-state index contributed by atoms with van der Waals surface area (Å²) in [5.74, 6) is -2.18. The van der Waals surface area contributed by atoms with Crippen molar-refractivity contribution in [3.8, 4) is 11.5 Å². The van der Waals surface area contributed by atoms with Crippen LogP contribution in [0, 0.1) is 10.1 Å². The number of nitrogens with zero attached hydrogens (tertiary/aromatic N) is 1. The molecular weight excluding hydrogens is 298 g/mol. The number of methoxy groups -OCH3 is 2. The second kappa shape index (κ2) is 7.25. The number of nitro groups is 1. The van der Waals surface area contributed by atoms with Crippen LogP contribution in [0.25, 0.3) is 0 Å². The van der Waals surface area contributed by atoms with Gasteiger partial charge in [-0.3, -0.25) is 14.9 Å². The molecule has 120 valence electrons. The van der Waals surface area contributed by atoms with Crippen LogP contribution in [0.1, 0.15) is 25.0 Å². The smallest absolute Gasteiger partial charge is 0.350 e. The van der Waals surface area contributed by atoms with Crippen LogP contribution >= 0.6 is 0 Å². The van der Waals surface area contributed by atoms with Crippen molar-refractivity contribution < 1.29 is 33.8 Å². The molecule has 0 aliphatic carbocycles. The quantitative estimate of drug-likeness (QED) is 0.458. The highest BCUT2D eigenvalue weighted by atomic mass is 16.6. The van der Waals surface area contributed by atoms with Crippen LogP contribution in [0.2, 0.25) is 0 Å². The Morgan fingerprint density at radius 1 is 1.27 bits per heavy atom. The molecule has 22 heavy (non-hydrogen) atoms. The Hall–Kier alpha value is -2.84. The summed E-state index contributed by atoms with van der Waals surface area (Å²) in [5, 5.41) is 20.3. The fourth-order valence-corrected chi connectivity index (χ4v) is 1.71. The maximum absolute atomic E-state index is 11.3. The number of carbonyl (C=O) groups excluding carboxylic acids is 1. The van der Waals surface area contributed by atoms with E-state index in [4.69, 9.17) is 14.2 Å². The molecule has 1 aromatic carbocycles. The number of benzene rings is 1. The summed E-state index contributed by atoms with van der Waals surface area (Å²) >= 11 is 0. The van der Waals surface area contributed by atoms with Crippen molar-refractivity contribution in [2.75, 3.05) is 14.2 Å². The largest absolute Gasteiger partial charge is 0.493 e. The topological polar surface area (TPSA) is 125 Å². The van der Waals surface area contributed by atoms with Crippen molar-refractivity contribution in [1.82, 2.24) is 0 Å². The monoisotopic (exact) mass is 313 g/mol. The van der Waals surface area contributed by atoms with Crippen LogP contribution in [0.3, 0.4) is 0 Å². The molecule has 0 aliphatic heterocycles. The van der Waals surface area contributed by atoms with Crippen molar-refractivity contribution >= 4 is 17.6 Å². The summed E-state index contributed by atoms with van der Waals surface area (Å²) in [6, 6.07) is 2.13. The standard InChI is InChI=1S/C13H15NO8/c1-4-11(15)22-12(13(16)17)7-5-9(20-2)10(21-3)6-8(7)14(18)19/h5-6,12H,4H2,1-3H3,(H,16,17). The lowest BCUT2D eigenvalue weighted by Gasteiger charge is -2.16. The van der Waals surface area contributed by atoms with Crippen LogP contribution < -0.4 is 9.47 Å². The number of hydrogen-bond donors (Lipinski definition) is 1.